The van der Waals surface area contributed by atoms with Crippen molar-refractivity contribution in [1.29, 1.82) is 0 Å². The van der Waals surface area contributed by atoms with Crippen LogP contribution in [0.5, 0.6) is 0 Å². The van der Waals surface area contributed by atoms with Gasteiger partial charge in [-0.05, 0) is 88.5 Å². The van der Waals surface area contributed by atoms with Crippen molar-refractivity contribution in [1.82, 2.24) is 0 Å². The van der Waals surface area contributed by atoms with Crippen LogP contribution in [-0.2, 0) is 4.74 Å². The third kappa shape index (κ3) is 7.17. The molecule has 0 heterocycles. The van der Waals surface area contributed by atoms with E-state index in [9.17, 15) is 8.78 Å². The minimum atomic E-state index is -2.93. The van der Waals surface area contributed by atoms with Crippen molar-refractivity contribution in [3.05, 3.63) is 41.3 Å². The molecule has 4 rings (SSSR count). The Balaban J connectivity index is 0.00000272. The third-order valence-corrected chi connectivity index (χ3v) is 8.11. The van der Waals surface area contributed by atoms with Gasteiger partial charge in [0.25, 0.3) is 0 Å². The number of alkyl halides is 2. The van der Waals surface area contributed by atoms with Crippen LogP contribution in [0.25, 0.3) is 0 Å². The minimum absolute atomic E-state index is 0. The first kappa shape index (κ1) is 26.4. The van der Waals surface area contributed by atoms with Gasteiger partial charge < -0.3 is 11.2 Å². The second-order valence-corrected chi connectivity index (χ2v) is 10.4. The molecule has 0 radical (unpaired) electrons. The van der Waals surface area contributed by atoms with Crippen molar-refractivity contribution in [2.45, 2.75) is 109 Å². The van der Waals surface area contributed by atoms with Crippen LogP contribution in [0.4, 0.5) is 8.78 Å². The van der Waals surface area contributed by atoms with Crippen LogP contribution in [0.2, 0.25) is 0 Å². The molecule has 0 bridgehead atoms. The number of hydrogen-bond donors (Lipinski definition) is 0. The first-order valence-corrected chi connectivity index (χ1v) is 12.4. The second kappa shape index (κ2) is 12.0. The van der Waals surface area contributed by atoms with Crippen molar-refractivity contribution in [3.8, 4) is 0 Å². The van der Waals surface area contributed by atoms with Crippen molar-refractivity contribution in [3.63, 3.8) is 0 Å². The molecular weight excluding hydrogens is 464 g/mol. The number of ether oxygens (including phenoxy) is 1. The molecule has 3 aliphatic carbocycles. The van der Waals surface area contributed by atoms with Gasteiger partial charge in [-0.1, -0.05) is 42.2 Å². The fourth-order valence-electron chi connectivity index (χ4n) is 6.43. The molecule has 1 aromatic rings. The van der Waals surface area contributed by atoms with Gasteiger partial charge in [0, 0.05) is 5.92 Å². The molecule has 0 amide bonds. The van der Waals surface area contributed by atoms with Crippen molar-refractivity contribution >= 4 is 0 Å². The Bertz CT molecular complexity index is 664. The van der Waals surface area contributed by atoms with Gasteiger partial charge in [0.1, 0.15) is 0 Å². The Labute approximate surface area is 237 Å². The summed E-state index contributed by atoms with van der Waals surface area (Å²) in [4.78, 5) is 0. The topological polar surface area (TPSA) is 9.23 Å². The monoisotopic (exact) mass is 502 g/mol. The molecule has 4 heteroatoms. The summed E-state index contributed by atoms with van der Waals surface area (Å²) in [6.07, 6.45) is 10.6. The summed E-state index contributed by atoms with van der Waals surface area (Å²) in [5, 5.41) is 0. The summed E-state index contributed by atoms with van der Waals surface area (Å²) in [7, 11) is 0. The van der Waals surface area contributed by atoms with Gasteiger partial charge in [-0.15, -0.1) is 0 Å². The summed E-state index contributed by atoms with van der Waals surface area (Å²) in [6, 6.07) is 6.99. The standard InChI is InChI=1S/C27H39F2O.Rb/c1-19-16-20(2)18-24(17-19)23-10-8-21(9-11-23)22-12-14-26(15-13-22)30-27(28,29)25-6-4-3-5-7-25;/h3,16-18,21-23,25-26H,4-15H2,1-2H3;/q-1;+1. The number of hydrogen-bond acceptors (Lipinski definition) is 1. The maximum atomic E-state index is 14.6. The number of rotatable bonds is 5. The quantitative estimate of drug-likeness (QED) is 0.506. The molecular formula is C27H39F2ORb. The van der Waals surface area contributed by atoms with Gasteiger partial charge in [0.05, 0.1) is 6.10 Å². The molecule has 168 valence electrons. The van der Waals surface area contributed by atoms with E-state index in [1.165, 1.54) is 42.4 Å². The van der Waals surface area contributed by atoms with Crippen LogP contribution in [-0.4, -0.2) is 12.2 Å². The van der Waals surface area contributed by atoms with Gasteiger partial charge in [-0.25, -0.2) is 0 Å². The second-order valence-electron chi connectivity index (χ2n) is 10.4. The molecule has 0 aromatic heterocycles. The van der Waals surface area contributed by atoms with E-state index in [0.717, 1.165) is 44.4 Å². The van der Waals surface area contributed by atoms with E-state index >= 15 is 0 Å². The van der Waals surface area contributed by atoms with Gasteiger partial charge in [0.15, 0.2) is 0 Å². The summed E-state index contributed by atoms with van der Waals surface area (Å²) < 4.78 is 34.5. The van der Waals surface area contributed by atoms with Gasteiger partial charge in [-0.2, -0.15) is 21.6 Å². The SMILES string of the molecule is Cc1cc(C)cc(C2CCC(C3CCC(OC(F)(F)C4CC[CH-]CC4)CC3)CC2)c1.[Rb+]. The van der Waals surface area contributed by atoms with E-state index in [-0.39, 0.29) is 64.3 Å². The Morgan fingerprint density at radius 3 is 1.84 bits per heavy atom. The zero-order chi connectivity index (χ0) is 21.1. The van der Waals surface area contributed by atoms with Crippen LogP contribution >= 0.6 is 0 Å². The van der Waals surface area contributed by atoms with E-state index in [2.05, 4.69) is 38.5 Å². The molecule has 1 nitrogen and oxygen atoms in total. The van der Waals surface area contributed by atoms with Crippen LogP contribution in [0.3, 0.4) is 0 Å². The summed E-state index contributed by atoms with van der Waals surface area (Å²) >= 11 is 0. The average Bonchev–Trinajstić information content (AvgIpc) is 2.74. The number of benzene rings is 1. The van der Waals surface area contributed by atoms with Crippen molar-refractivity contribution < 1.29 is 71.7 Å². The largest absolute Gasteiger partial charge is 1.00 e. The van der Waals surface area contributed by atoms with E-state index in [0.29, 0.717) is 24.7 Å². The molecule has 1 aromatic carbocycles. The van der Waals surface area contributed by atoms with E-state index in [1.54, 1.807) is 0 Å². The molecule has 0 aliphatic heterocycles. The molecule has 0 spiro atoms. The number of aryl methyl sites for hydroxylation is 2. The molecule has 3 saturated carbocycles. The molecule has 31 heavy (non-hydrogen) atoms. The Morgan fingerprint density at radius 1 is 0.774 bits per heavy atom. The van der Waals surface area contributed by atoms with Crippen LogP contribution in [0.1, 0.15) is 99.7 Å². The van der Waals surface area contributed by atoms with Gasteiger partial charge >= 0.3 is 64.3 Å². The number of halogens is 2. The summed E-state index contributed by atoms with van der Waals surface area (Å²) in [6.45, 7) is 4.39. The smallest absolute Gasteiger partial charge is 0.328 e. The molecule has 0 unspecified atom stereocenters. The van der Waals surface area contributed by atoms with Crippen molar-refractivity contribution in [2.75, 3.05) is 0 Å². The Morgan fingerprint density at radius 2 is 1.29 bits per heavy atom. The van der Waals surface area contributed by atoms with Crippen LogP contribution in [0, 0.1) is 38.0 Å². The van der Waals surface area contributed by atoms with E-state index in [4.69, 9.17) is 4.74 Å². The maximum Gasteiger partial charge on any atom is 1.00 e. The van der Waals surface area contributed by atoms with E-state index in [1.807, 2.05) is 0 Å². The first-order chi connectivity index (χ1) is 14.4. The van der Waals surface area contributed by atoms with Crippen LogP contribution < -0.4 is 58.2 Å². The Kier molecular flexibility index (Phi) is 10.2. The van der Waals surface area contributed by atoms with Gasteiger partial charge in [-0.3, -0.25) is 0 Å². The fourth-order valence-corrected chi connectivity index (χ4v) is 6.43. The molecule has 0 N–H and O–H groups in total. The zero-order valence-corrected chi connectivity index (χ0v) is 24.8. The molecule has 0 saturated heterocycles. The van der Waals surface area contributed by atoms with Crippen molar-refractivity contribution in [2.24, 2.45) is 17.8 Å². The predicted octanol–water partition coefficient (Wildman–Crippen LogP) is 5.14. The summed E-state index contributed by atoms with van der Waals surface area (Å²) in [5.74, 6) is 1.61. The third-order valence-electron chi connectivity index (χ3n) is 8.11. The fraction of sp³-hybridized carbons (Fsp3) is 0.741. The average molecular weight is 503 g/mol. The Hall–Kier alpha value is 0.845. The van der Waals surface area contributed by atoms with Gasteiger partial charge in [0.2, 0.25) is 0 Å². The molecule has 3 aliphatic rings. The minimum Gasteiger partial charge on any atom is -0.328 e. The normalized spacial score (nSPS) is 30.6. The predicted molar refractivity (Wildman–Crippen MR) is 119 cm³/mol. The van der Waals surface area contributed by atoms with E-state index < -0.39 is 12.0 Å². The zero-order valence-electron chi connectivity index (χ0n) is 19.8. The first-order valence-electron chi connectivity index (χ1n) is 12.4. The maximum absolute atomic E-state index is 14.6. The summed E-state index contributed by atoms with van der Waals surface area (Å²) in [5.41, 5.74) is 4.26. The molecule has 3 fully saturated rings. The van der Waals surface area contributed by atoms with Crippen LogP contribution in [0.15, 0.2) is 18.2 Å². The molecule has 0 atom stereocenters.